The highest BCUT2D eigenvalue weighted by Gasteiger charge is 2.20. The predicted molar refractivity (Wildman–Crippen MR) is 218 cm³/mol. The van der Waals surface area contributed by atoms with E-state index in [-0.39, 0.29) is 0 Å². The molecule has 0 unspecified atom stereocenters. The fourth-order valence-electron chi connectivity index (χ4n) is 6.40. The molecule has 0 aliphatic rings. The van der Waals surface area contributed by atoms with Gasteiger partial charge < -0.3 is 4.42 Å². The molecule has 0 saturated heterocycles. The summed E-state index contributed by atoms with van der Waals surface area (Å²) < 4.78 is 269. The van der Waals surface area contributed by atoms with Crippen molar-refractivity contribution in [2.24, 2.45) is 0 Å². The molecule has 0 radical (unpaired) electrons. The van der Waals surface area contributed by atoms with Gasteiger partial charge in [-0.3, -0.25) is 0 Å². The average Bonchev–Trinajstić information content (AvgIpc) is 3.93. The number of hydrogen-bond donors (Lipinski definition) is 0. The molecule has 11 aromatic rings. The van der Waals surface area contributed by atoms with E-state index in [0.717, 1.165) is 6.07 Å². The molecule has 236 valence electrons. The van der Waals surface area contributed by atoms with E-state index < -0.39 is 284 Å². The van der Waals surface area contributed by atoms with Gasteiger partial charge in [0.1, 0.15) is 11.2 Å². The summed E-state index contributed by atoms with van der Waals surface area (Å²) in [5.41, 5.74) is -5.45. The third kappa shape index (κ3) is 4.28. The van der Waals surface area contributed by atoms with Crippen LogP contribution in [0.1, 0.15) is 39.8 Å². The summed E-state index contributed by atoms with van der Waals surface area (Å²) in [5, 5.41) is -7.06. The van der Waals surface area contributed by atoms with Gasteiger partial charge in [-0.1, -0.05) is 151 Å². The first-order valence-electron chi connectivity index (χ1n) is 29.7. The maximum atomic E-state index is 9.91. The fraction of sp³-hybridized carbons (Fsp3) is 0. The topological polar surface area (TPSA) is 13.1 Å². The van der Waals surface area contributed by atoms with Gasteiger partial charge in [-0.05, 0) is 117 Å². The quantitative estimate of drug-likeness (QED) is 0.170. The molecule has 0 N–H and O–H groups in total. The van der Waals surface area contributed by atoms with Gasteiger partial charge in [0.25, 0.3) is 0 Å². The zero-order chi connectivity index (χ0) is 58.7. The van der Waals surface area contributed by atoms with E-state index in [1.807, 2.05) is 0 Å². The van der Waals surface area contributed by atoms with Gasteiger partial charge in [0.2, 0.25) is 0 Å². The average molecular weight is 676 g/mol. The predicted octanol–water partition coefficient (Wildman–Crippen LogP) is 14.4. The molecule has 10 aromatic carbocycles. The Balaban J connectivity index is 1.41. The Morgan fingerprint density at radius 1 is 0.314 bits per heavy atom. The second-order valence-electron chi connectivity index (χ2n) is 11.3. The molecule has 1 nitrogen and oxygen atoms in total. The van der Waals surface area contributed by atoms with Gasteiger partial charge in [-0.2, -0.15) is 0 Å². The van der Waals surface area contributed by atoms with Gasteiger partial charge in [0.15, 0.2) is 0 Å². The number of benzene rings is 10. The van der Waals surface area contributed by atoms with Crippen molar-refractivity contribution in [2.75, 3.05) is 0 Å². The van der Waals surface area contributed by atoms with Crippen molar-refractivity contribution in [3.05, 3.63) is 181 Å². The second-order valence-corrected chi connectivity index (χ2v) is 11.3. The van der Waals surface area contributed by atoms with E-state index in [4.69, 9.17) is 26.3 Å². The second kappa shape index (κ2) is 10.9. The lowest BCUT2D eigenvalue weighted by Crippen LogP contribution is -1.92. The molecular formula is C50H30O. The molecule has 1 heteroatoms. The molecule has 51 heavy (non-hydrogen) atoms. The Morgan fingerprint density at radius 2 is 0.863 bits per heavy atom. The Morgan fingerprint density at radius 3 is 1.65 bits per heavy atom. The van der Waals surface area contributed by atoms with Crippen molar-refractivity contribution >= 4 is 75.8 Å². The summed E-state index contributed by atoms with van der Waals surface area (Å²) >= 11 is 0. The molecule has 0 aliphatic heterocycles. The van der Waals surface area contributed by atoms with Crippen LogP contribution in [0.4, 0.5) is 0 Å². The number of hydrogen-bond acceptors (Lipinski definition) is 1. The summed E-state index contributed by atoms with van der Waals surface area (Å²) in [4.78, 5) is 0. The Labute approximate surface area is 335 Å². The lowest BCUT2D eigenvalue weighted by Gasteiger charge is -2.20. The summed E-state index contributed by atoms with van der Waals surface area (Å²) in [6.45, 7) is 0. The molecule has 1 aromatic heterocycles. The first-order valence-corrected chi connectivity index (χ1v) is 15.2. The van der Waals surface area contributed by atoms with Crippen LogP contribution in [0.3, 0.4) is 0 Å². The van der Waals surface area contributed by atoms with Crippen molar-refractivity contribution in [2.45, 2.75) is 0 Å². The van der Waals surface area contributed by atoms with Gasteiger partial charge in [-0.25, -0.2) is 0 Å². The molecule has 0 amide bonds. The van der Waals surface area contributed by atoms with Crippen LogP contribution in [0.15, 0.2) is 186 Å². The minimum atomic E-state index is -1.06. The lowest BCUT2D eigenvalue weighted by molar-refractivity contribution is 0.669. The van der Waals surface area contributed by atoms with Crippen LogP contribution < -0.4 is 0 Å². The standard InChI is InChI=1S/C50H30O/c1-2-12-32-27-35(22-21-31(32)11-1)37-24-25-44(39-16-6-5-15-38(37)39)50-42-19-9-7-17-40(42)49(41-18-8-10-20-43(41)50)36-23-26-47-45(29-36)46-28-33-13-3-4-14-34(33)30-48(46)51-47/h1-30H/i1D,2D,3D,4D,5D,6D,7D,8D,9D,10D,11D,12D,13D,14D,15D,16D,17D,18D,19D,21D,22D,23D,24D,25D,26D,27D,28D,29D,30D. The highest BCUT2D eigenvalue weighted by molar-refractivity contribution is 6.25. The monoisotopic (exact) mass is 675 g/mol. The molecule has 0 atom stereocenters. The van der Waals surface area contributed by atoms with E-state index in [0.29, 0.717) is 0 Å². The summed E-state index contributed by atoms with van der Waals surface area (Å²) in [6, 6.07) is -24.7. The molecule has 0 bridgehead atoms. The molecular weight excluding hydrogens is 617 g/mol. The number of furan rings is 1. The molecule has 0 fully saturated rings. The van der Waals surface area contributed by atoms with Crippen LogP contribution in [-0.4, -0.2) is 0 Å². The highest BCUT2D eigenvalue weighted by Crippen LogP contribution is 2.47. The van der Waals surface area contributed by atoms with Crippen molar-refractivity contribution in [3.63, 3.8) is 0 Å². The van der Waals surface area contributed by atoms with Crippen LogP contribution in [0.25, 0.3) is 109 Å². The largest absolute Gasteiger partial charge is 0.456 e. The molecule has 11 rings (SSSR count). The zero-order valence-corrected chi connectivity index (χ0v) is 25.5. The summed E-state index contributed by atoms with van der Waals surface area (Å²) in [7, 11) is 0. The van der Waals surface area contributed by atoms with E-state index in [9.17, 15) is 17.8 Å². The fourth-order valence-corrected chi connectivity index (χ4v) is 6.40. The van der Waals surface area contributed by atoms with Crippen LogP contribution in [0.2, 0.25) is 0 Å². The van der Waals surface area contributed by atoms with Crippen LogP contribution in [0.5, 0.6) is 0 Å². The smallest absolute Gasteiger partial charge is 0.136 e. The maximum Gasteiger partial charge on any atom is 0.136 e. The van der Waals surface area contributed by atoms with Gasteiger partial charge in [-0.15, -0.1) is 0 Å². The Kier molecular flexibility index (Phi) is 2.56. The number of rotatable bonds is 3. The highest BCUT2D eigenvalue weighted by atomic mass is 16.3. The number of fused-ring (bicyclic) bond motifs is 8. The minimum absolute atomic E-state index is 0.446. The molecule has 0 aliphatic carbocycles. The third-order valence-corrected chi connectivity index (χ3v) is 8.59. The van der Waals surface area contributed by atoms with E-state index in [1.54, 1.807) is 0 Å². The molecule has 0 saturated carbocycles. The first kappa shape index (κ1) is 12.0. The van der Waals surface area contributed by atoms with Crippen LogP contribution in [0, 0.1) is 0 Å². The van der Waals surface area contributed by atoms with Crippen molar-refractivity contribution < 1.29 is 44.2 Å². The SMILES string of the molecule is [2H]c1cc2c(-c3c([2H])c([2H])c(-c4c([2H])c([2H])c5c([2H])c([2H])c([2H])c([2H])c5c4[2H])c4c([2H])c([2H])c([2H])c([2H])c34)c3c([2H])c([2H])c([2H])c([2H])c3c(-c3c([2H])c([2H])c4oc5c([2H])c6c([2H])c([2H])c([2H])c([2H])c6c([2H])c5c4c3[2H])c2c([2H])c1[2H]. The summed E-state index contributed by atoms with van der Waals surface area (Å²) in [5.74, 6) is 0. The van der Waals surface area contributed by atoms with Gasteiger partial charge >= 0.3 is 0 Å². The summed E-state index contributed by atoms with van der Waals surface area (Å²) in [6.07, 6.45) is 0. The van der Waals surface area contributed by atoms with E-state index in [1.165, 1.54) is 0 Å². The van der Waals surface area contributed by atoms with Crippen molar-refractivity contribution in [3.8, 4) is 33.4 Å². The molecule has 0 spiro atoms. The van der Waals surface area contributed by atoms with E-state index in [2.05, 4.69) is 0 Å². The first-order chi connectivity index (χ1) is 37.4. The molecule has 1 heterocycles. The van der Waals surface area contributed by atoms with E-state index >= 15 is 0 Å². The van der Waals surface area contributed by atoms with Crippen LogP contribution in [-0.2, 0) is 0 Å². The van der Waals surface area contributed by atoms with Gasteiger partial charge in [0, 0.05) is 10.8 Å². The van der Waals surface area contributed by atoms with Crippen LogP contribution >= 0.6 is 0 Å². The maximum absolute atomic E-state index is 9.91. The zero-order valence-electron chi connectivity index (χ0n) is 54.5. The van der Waals surface area contributed by atoms with Crippen molar-refractivity contribution in [1.82, 2.24) is 0 Å². The van der Waals surface area contributed by atoms with Gasteiger partial charge in [0.05, 0.1) is 39.8 Å². The van der Waals surface area contributed by atoms with Crippen molar-refractivity contribution in [1.29, 1.82) is 0 Å². The Hall–Kier alpha value is -6.70. The normalized spacial score (nSPS) is 19.9. The minimum Gasteiger partial charge on any atom is -0.456 e. The third-order valence-electron chi connectivity index (χ3n) is 8.59. The Bertz CT molecular complexity index is 4870. The lowest BCUT2D eigenvalue weighted by atomic mass is 9.83.